The molecular weight excluding hydrogens is 364 g/mol. The van der Waals surface area contributed by atoms with Crippen LogP contribution in [0.5, 0.6) is 0 Å². The molecule has 1 heterocycles. The maximum atomic E-state index is 12.3. The Labute approximate surface area is 159 Å². The highest BCUT2D eigenvalue weighted by Crippen LogP contribution is 2.22. The minimum atomic E-state index is -3.38. The average Bonchev–Trinajstić information content (AvgIpc) is 2.96. The summed E-state index contributed by atoms with van der Waals surface area (Å²) in [6.45, 7) is 4.28. The third-order valence-electron chi connectivity index (χ3n) is 4.07. The van der Waals surface area contributed by atoms with E-state index in [-0.39, 0.29) is 12.3 Å². The first kappa shape index (κ1) is 18.8. The second-order valence-corrected chi connectivity index (χ2v) is 9.32. The number of sulfonamides is 1. The van der Waals surface area contributed by atoms with E-state index >= 15 is 0 Å². The van der Waals surface area contributed by atoms with Crippen LogP contribution in [-0.4, -0.2) is 13.4 Å². The van der Waals surface area contributed by atoms with Gasteiger partial charge in [-0.3, -0.25) is 0 Å². The molecule has 2 aromatic carbocycles. The van der Waals surface area contributed by atoms with E-state index in [1.165, 1.54) is 16.0 Å². The first-order chi connectivity index (χ1) is 12.4. The van der Waals surface area contributed by atoms with E-state index in [0.717, 1.165) is 22.7 Å². The topological polar surface area (TPSA) is 59.1 Å². The van der Waals surface area contributed by atoms with Gasteiger partial charge >= 0.3 is 0 Å². The van der Waals surface area contributed by atoms with Gasteiger partial charge in [0.2, 0.25) is 10.0 Å². The van der Waals surface area contributed by atoms with Crippen molar-refractivity contribution in [2.24, 2.45) is 0 Å². The van der Waals surface area contributed by atoms with Gasteiger partial charge in [0.15, 0.2) is 0 Å². The number of hydrogen-bond acceptors (Lipinski definition) is 4. The van der Waals surface area contributed by atoms with Crippen LogP contribution in [-0.2, 0) is 28.7 Å². The first-order valence-electron chi connectivity index (χ1n) is 8.43. The molecular formula is C20H22N2O2S2. The van der Waals surface area contributed by atoms with Crippen LogP contribution in [0.3, 0.4) is 0 Å². The highest BCUT2D eigenvalue weighted by molar-refractivity contribution is 7.88. The molecule has 1 N–H and O–H groups in total. The summed E-state index contributed by atoms with van der Waals surface area (Å²) < 4.78 is 27.2. The van der Waals surface area contributed by atoms with Crippen molar-refractivity contribution < 1.29 is 8.42 Å². The third-order valence-corrected chi connectivity index (χ3v) is 6.52. The highest BCUT2D eigenvalue weighted by atomic mass is 32.2. The molecule has 0 unspecified atom stereocenters. The lowest BCUT2D eigenvalue weighted by atomic mass is 10.1. The number of thiazole rings is 1. The van der Waals surface area contributed by atoms with E-state index in [1.807, 2.05) is 37.3 Å². The molecule has 0 aliphatic heterocycles. The second kappa shape index (κ2) is 8.12. The van der Waals surface area contributed by atoms with Gasteiger partial charge in [-0.2, -0.15) is 0 Å². The van der Waals surface area contributed by atoms with Crippen molar-refractivity contribution in [3.63, 3.8) is 0 Å². The largest absolute Gasteiger partial charge is 0.245 e. The highest BCUT2D eigenvalue weighted by Gasteiger charge is 2.14. The molecule has 0 amide bonds. The van der Waals surface area contributed by atoms with Crippen molar-refractivity contribution in [1.29, 1.82) is 0 Å². The van der Waals surface area contributed by atoms with Crippen LogP contribution in [0.15, 0.2) is 54.6 Å². The van der Waals surface area contributed by atoms with E-state index < -0.39 is 10.0 Å². The van der Waals surface area contributed by atoms with Crippen LogP contribution in [0.2, 0.25) is 0 Å². The Hall–Kier alpha value is -2.02. The van der Waals surface area contributed by atoms with Gasteiger partial charge in [0.25, 0.3) is 0 Å². The Morgan fingerprint density at radius 1 is 0.962 bits per heavy atom. The van der Waals surface area contributed by atoms with Crippen molar-refractivity contribution in [3.8, 4) is 0 Å². The molecule has 0 bridgehead atoms. The molecule has 0 aliphatic rings. The maximum Gasteiger partial charge on any atom is 0.216 e. The van der Waals surface area contributed by atoms with Crippen molar-refractivity contribution in [1.82, 2.24) is 9.71 Å². The van der Waals surface area contributed by atoms with E-state index in [9.17, 15) is 8.42 Å². The van der Waals surface area contributed by atoms with Crippen LogP contribution in [0, 0.1) is 13.8 Å². The zero-order valence-electron chi connectivity index (χ0n) is 14.9. The van der Waals surface area contributed by atoms with Gasteiger partial charge < -0.3 is 0 Å². The summed E-state index contributed by atoms with van der Waals surface area (Å²) in [6.07, 6.45) is 0.820. The molecule has 0 fully saturated rings. The molecule has 6 heteroatoms. The second-order valence-electron chi connectivity index (χ2n) is 6.34. The quantitative estimate of drug-likeness (QED) is 0.668. The SMILES string of the molecule is Cc1ccc(Cc2sc(CNS(=O)(=O)Cc3ccccc3)nc2C)cc1. The van der Waals surface area contributed by atoms with Crippen LogP contribution in [0.1, 0.15) is 32.3 Å². The molecule has 4 nitrogen and oxygen atoms in total. The lowest BCUT2D eigenvalue weighted by Crippen LogP contribution is -2.24. The zero-order chi connectivity index (χ0) is 18.6. The number of nitrogens with one attached hydrogen (secondary N) is 1. The molecule has 0 saturated carbocycles. The molecule has 3 rings (SSSR count). The fourth-order valence-corrected chi connectivity index (χ4v) is 4.86. The van der Waals surface area contributed by atoms with Gasteiger partial charge in [0, 0.05) is 11.3 Å². The number of hydrogen-bond donors (Lipinski definition) is 1. The van der Waals surface area contributed by atoms with E-state index in [2.05, 4.69) is 40.9 Å². The molecule has 0 radical (unpaired) electrons. The summed E-state index contributed by atoms with van der Waals surface area (Å²) >= 11 is 1.57. The summed E-state index contributed by atoms with van der Waals surface area (Å²) in [4.78, 5) is 5.70. The van der Waals surface area contributed by atoms with Gasteiger partial charge in [-0.15, -0.1) is 11.3 Å². The fraction of sp³-hybridized carbons (Fsp3) is 0.250. The van der Waals surface area contributed by atoms with E-state index in [4.69, 9.17) is 0 Å². The molecule has 0 atom stereocenters. The predicted octanol–water partition coefficient (Wildman–Crippen LogP) is 3.97. The molecule has 0 aliphatic carbocycles. The predicted molar refractivity (Wildman–Crippen MR) is 107 cm³/mol. The van der Waals surface area contributed by atoms with Gasteiger partial charge in [-0.05, 0) is 25.0 Å². The molecule has 136 valence electrons. The summed E-state index contributed by atoms with van der Waals surface area (Å²) in [5.74, 6) is -0.0194. The average molecular weight is 387 g/mol. The normalized spacial score (nSPS) is 11.6. The third kappa shape index (κ3) is 5.24. The number of aryl methyl sites for hydroxylation is 2. The fourth-order valence-electron chi connectivity index (χ4n) is 2.64. The molecule has 0 saturated heterocycles. The Kier molecular flexibility index (Phi) is 5.86. The molecule has 1 aromatic heterocycles. The van der Waals surface area contributed by atoms with E-state index in [1.54, 1.807) is 11.3 Å². The van der Waals surface area contributed by atoms with Gasteiger partial charge in [-0.1, -0.05) is 60.2 Å². The van der Waals surface area contributed by atoms with Crippen molar-refractivity contribution >= 4 is 21.4 Å². The van der Waals surface area contributed by atoms with Crippen molar-refractivity contribution in [2.75, 3.05) is 0 Å². The number of rotatable bonds is 7. The van der Waals surface area contributed by atoms with Crippen LogP contribution >= 0.6 is 11.3 Å². The summed E-state index contributed by atoms with van der Waals surface area (Å²) in [7, 11) is -3.38. The van der Waals surface area contributed by atoms with Crippen LogP contribution < -0.4 is 4.72 Å². The number of nitrogens with zero attached hydrogens (tertiary/aromatic N) is 1. The Balaban J connectivity index is 1.63. The van der Waals surface area contributed by atoms with Gasteiger partial charge in [-0.25, -0.2) is 18.1 Å². The maximum absolute atomic E-state index is 12.3. The minimum Gasteiger partial charge on any atom is -0.245 e. The summed E-state index contributed by atoms with van der Waals surface area (Å²) in [5, 5.41) is 0.793. The minimum absolute atomic E-state index is 0.0194. The Morgan fingerprint density at radius 2 is 1.65 bits per heavy atom. The monoisotopic (exact) mass is 386 g/mol. The van der Waals surface area contributed by atoms with Gasteiger partial charge in [0.1, 0.15) is 5.01 Å². The smallest absolute Gasteiger partial charge is 0.216 e. The molecule has 0 spiro atoms. The summed E-state index contributed by atoms with van der Waals surface area (Å²) in [6, 6.07) is 17.6. The van der Waals surface area contributed by atoms with Crippen LogP contribution in [0.4, 0.5) is 0 Å². The summed E-state index contributed by atoms with van der Waals surface area (Å²) in [5.41, 5.74) is 4.21. The van der Waals surface area contributed by atoms with Gasteiger partial charge in [0.05, 0.1) is 18.0 Å². The lowest BCUT2D eigenvalue weighted by molar-refractivity contribution is 0.580. The number of benzene rings is 2. The zero-order valence-corrected chi connectivity index (χ0v) is 16.5. The molecule has 26 heavy (non-hydrogen) atoms. The Morgan fingerprint density at radius 3 is 2.35 bits per heavy atom. The standard InChI is InChI=1S/C20H22N2O2S2/c1-15-8-10-17(11-9-15)12-19-16(2)22-20(25-19)13-21-26(23,24)14-18-6-4-3-5-7-18/h3-11,21H,12-14H2,1-2H3. The van der Waals surface area contributed by atoms with Crippen molar-refractivity contribution in [3.05, 3.63) is 86.9 Å². The number of aromatic nitrogens is 1. The van der Waals surface area contributed by atoms with Crippen LogP contribution in [0.25, 0.3) is 0 Å². The lowest BCUT2D eigenvalue weighted by Gasteiger charge is -2.05. The molecule has 3 aromatic rings. The van der Waals surface area contributed by atoms with Crippen molar-refractivity contribution in [2.45, 2.75) is 32.6 Å². The Bertz CT molecular complexity index is 963. The first-order valence-corrected chi connectivity index (χ1v) is 10.9. The van der Waals surface area contributed by atoms with E-state index in [0.29, 0.717) is 0 Å².